The van der Waals surface area contributed by atoms with E-state index in [0.29, 0.717) is 41.3 Å². The summed E-state index contributed by atoms with van der Waals surface area (Å²) in [4.78, 5) is 46.3. The molecule has 3 heterocycles. The molecule has 3 amide bonds. The lowest BCUT2D eigenvalue weighted by atomic mass is 9.88. The molecular formula is C28H39FN6O3S. The van der Waals surface area contributed by atoms with Crippen molar-refractivity contribution in [2.24, 2.45) is 11.8 Å². The van der Waals surface area contributed by atoms with Gasteiger partial charge in [-0.2, -0.15) is 0 Å². The van der Waals surface area contributed by atoms with Crippen molar-refractivity contribution in [2.45, 2.75) is 45.6 Å². The molecule has 212 valence electrons. The van der Waals surface area contributed by atoms with Gasteiger partial charge in [-0.05, 0) is 62.8 Å². The lowest BCUT2D eigenvalue weighted by Crippen LogP contribution is -2.56. The molecule has 2 aliphatic heterocycles. The summed E-state index contributed by atoms with van der Waals surface area (Å²) < 4.78 is 13.3. The fourth-order valence-electron chi connectivity index (χ4n) is 5.76. The summed E-state index contributed by atoms with van der Waals surface area (Å²) in [6.45, 7) is 7.79. The molecule has 4 rings (SSSR count). The number of hydrogen-bond acceptors (Lipinski definition) is 7. The average Bonchev–Trinajstić information content (AvgIpc) is 3.27. The Balaban J connectivity index is 1.39. The highest BCUT2D eigenvalue weighted by Crippen LogP contribution is 2.26. The molecule has 0 bridgehead atoms. The predicted octanol–water partition coefficient (Wildman–Crippen LogP) is 3.31. The molecule has 9 nitrogen and oxygen atoms in total. The smallest absolute Gasteiger partial charge is 0.321 e. The molecule has 39 heavy (non-hydrogen) atoms. The summed E-state index contributed by atoms with van der Waals surface area (Å²) in [6.07, 6.45) is 3.89. The molecule has 2 aliphatic rings. The van der Waals surface area contributed by atoms with Crippen LogP contribution in [0.15, 0.2) is 24.3 Å². The number of carbonyl (C=O) groups excluding carboxylic acids is 3. The molecular weight excluding hydrogens is 519 g/mol. The Morgan fingerprint density at radius 3 is 2.56 bits per heavy atom. The number of nitrogens with one attached hydrogen (secondary N) is 3. The Labute approximate surface area is 233 Å². The molecule has 1 unspecified atom stereocenters. The van der Waals surface area contributed by atoms with Crippen molar-refractivity contribution in [1.29, 1.82) is 0 Å². The van der Waals surface area contributed by atoms with Gasteiger partial charge in [0.15, 0.2) is 10.9 Å². The van der Waals surface area contributed by atoms with Crippen LogP contribution in [-0.4, -0.2) is 84.9 Å². The van der Waals surface area contributed by atoms with Crippen LogP contribution in [0, 0.1) is 24.6 Å². The van der Waals surface area contributed by atoms with Gasteiger partial charge in [0.25, 0.3) is 0 Å². The van der Waals surface area contributed by atoms with Crippen LogP contribution >= 0.6 is 11.3 Å². The Kier molecular flexibility index (Phi) is 10.0. The lowest BCUT2D eigenvalue weighted by molar-refractivity contribution is -0.122. The van der Waals surface area contributed by atoms with Crippen LogP contribution in [0.4, 0.5) is 14.3 Å². The first-order chi connectivity index (χ1) is 18.7. The van der Waals surface area contributed by atoms with Crippen molar-refractivity contribution in [2.75, 3.05) is 51.6 Å². The maximum atomic E-state index is 13.3. The van der Waals surface area contributed by atoms with E-state index in [1.165, 1.54) is 30.4 Å². The normalized spacial score (nSPS) is 22.3. The maximum absolute atomic E-state index is 13.3. The Morgan fingerprint density at radius 1 is 1.10 bits per heavy atom. The van der Waals surface area contributed by atoms with Crippen molar-refractivity contribution in [3.63, 3.8) is 0 Å². The van der Waals surface area contributed by atoms with Crippen LogP contribution in [0.25, 0.3) is 0 Å². The fraction of sp³-hybridized carbons (Fsp3) is 0.571. The number of thiazole rings is 1. The van der Waals surface area contributed by atoms with Crippen molar-refractivity contribution in [3.8, 4) is 0 Å². The largest absolute Gasteiger partial charge is 0.358 e. The van der Waals surface area contributed by atoms with Gasteiger partial charge in [0.2, 0.25) is 5.91 Å². The van der Waals surface area contributed by atoms with Crippen molar-refractivity contribution in [1.82, 2.24) is 25.4 Å². The summed E-state index contributed by atoms with van der Waals surface area (Å²) >= 11 is 1.18. The molecule has 11 heteroatoms. The minimum atomic E-state index is -0.332. The van der Waals surface area contributed by atoms with Gasteiger partial charge in [-0.25, -0.2) is 14.2 Å². The molecule has 3 N–H and O–H groups in total. The number of benzene rings is 1. The summed E-state index contributed by atoms with van der Waals surface area (Å²) in [6, 6.07) is 6.39. The SMILES string of the molecule is CNC(=O)CN1CC[C@@H](NC(=O)Nc2nc(C)c(C(C)=O)s2)[C@H](CN2CCCC(Cc3ccc(F)cc3)C2)C1. The molecule has 1 aromatic carbocycles. The number of urea groups is 1. The first-order valence-corrected chi connectivity index (χ1v) is 14.5. The van der Waals surface area contributed by atoms with Crippen molar-refractivity contribution >= 4 is 34.2 Å². The number of ketones is 1. The zero-order valence-electron chi connectivity index (χ0n) is 23.0. The highest BCUT2D eigenvalue weighted by atomic mass is 32.1. The minimum absolute atomic E-state index is 0.0179. The third kappa shape index (κ3) is 8.30. The molecule has 2 fully saturated rings. The third-order valence-electron chi connectivity index (χ3n) is 7.65. The van der Waals surface area contributed by atoms with Gasteiger partial charge in [-0.1, -0.05) is 23.5 Å². The fourth-order valence-corrected chi connectivity index (χ4v) is 6.61. The Bertz CT molecular complexity index is 1160. The number of aromatic nitrogens is 1. The van der Waals surface area contributed by atoms with E-state index >= 15 is 0 Å². The number of aryl methyl sites for hydroxylation is 1. The number of likely N-dealkylation sites (N-methyl/N-ethyl adjacent to an activating group) is 1. The summed E-state index contributed by atoms with van der Waals surface area (Å²) in [5.74, 6) is 0.337. The van der Waals surface area contributed by atoms with Gasteiger partial charge in [0.05, 0.1) is 17.1 Å². The van der Waals surface area contributed by atoms with Crippen LogP contribution in [0.5, 0.6) is 0 Å². The van der Waals surface area contributed by atoms with E-state index in [1.54, 1.807) is 14.0 Å². The Morgan fingerprint density at radius 2 is 1.87 bits per heavy atom. The van der Waals surface area contributed by atoms with Gasteiger partial charge in [-0.3, -0.25) is 19.8 Å². The number of halogens is 1. The highest BCUT2D eigenvalue weighted by Gasteiger charge is 2.33. The highest BCUT2D eigenvalue weighted by molar-refractivity contribution is 7.17. The van der Waals surface area contributed by atoms with E-state index in [2.05, 4.69) is 30.7 Å². The number of anilines is 1. The molecule has 2 aromatic rings. The van der Waals surface area contributed by atoms with Crippen LogP contribution < -0.4 is 16.0 Å². The van der Waals surface area contributed by atoms with E-state index in [0.717, 1.165) is 50.9 Å². The molecule has 1 aromatic heterocycles. The van der Waals surface area contributed by atoms with Crippen LogP contribution in [0.1, 0.15) is 47.1 Å². The molecule has 2 saturated heterocycles. The third-order valence-corrected chi connectivity index (χ3v) is 8.82. The monoisotopic (exact) mass is 558 g/mol. The topological polar surface area (TPSA) is 107 Å². The summed E-state index contributed by atoms with van der Waals surface area (Å²) in [5, 5.41) is 9.07. The molecule has 3 atom stereocenters. The predicted molar refractivity (Wildman–Crippen MR) is 151 cm³/mol. The van der Waals surface area contributed by atoms with Gasteiger partial charge in [0.1, 0.15) is 5.82 Å². The second kappa shape index (κ2) is 13.5. The molecule has 0 spiro atoms. The van der Waals surface area contributed by atoms with E-state index in [4.69, 9.17) is 0 Å². The number of rotatable bonds is 9. The lowest BCUT2D eigenvalue weighted by Gasteiger charge is -2.42. The van der Waals surface area contributed by atoms with E-state index in [1.807, 2.05) is 12.1 Å². The van der Waals surface area contributed by atoms with E-state index < -0.39 is 0 Å². The zero-order valence-corrected chi connectivity index (χ0v) is 23.8. The van der Waals surface area contributed by atoms with E-state index in [9.17, 15) is 18.8 Å². The molecule has 0 radical (unpaired) electrons. The zero-order chi connectivity index (χ0) is 27.9. The van der Waals surface area contributed by atoms with Gasteiger partial charge in [-0.15, -0.1) is 0 Å². The number of nitrogens with zero attached hydrogens (tertiary/aromatic N) is 3. The van der Waals surface area contributed by atoms with Crippen molar-refractivity contribution in [3.05, 3.63) is 46.2 Å². The van der Waals surface area contributed by atoms with Gasteiger partial charge < -0.3 is 15.5 Å². The number of likely N-dealkylation sites (tertiary alicyclic amines) is 2. The van der Waals surface area contributed by atoms with Gasteiger partial charge in [0, 0.05) is 52.1 Å². The van der Waals surface area contributed by atoms with Crippen molar-refractivity contribution < 1.29 is 18.8 Å². The number of hydrogen-bond donors (Lipinski definition) is 3. The summed E-state index contributed by atoms with van der Waals surface area (Å²) in [5.41, 5.74) is 1.77. The minimum Gasteiger partial charge on any atom is -0.358 e. The first-order valence-electron chi connectivity index (χ1n) is 13.7. The van der Waals surface area contributed by atoms with E-state index in [-0.39, 0.29) is 35.5 Å². The first kappa shape index (κ1) is 29.1. The average molecular weight is 559 g/mol. The Hall–Kier alpha value is -2.89. The van der Waals surface area contributed by atoms with Crippen LogP contribution in [0.3, 0.4) is 0 Å². The molecule has 0 aliphatic carbocycles. The van der Waals surface area contributed by atoms with Crippen LogP contribution in [0.2, 0.25) is 0 Å². The number of Topliss-reactive ketones (excluding diaryl/α,β-unsaturated/α-hetero) is 1. The number of amides is 3. The van der Waals surface area contributed by atoms with Crippen LogP contribution in [-0.2, 0) is 11.2 Å². The number of carbonyl (C=O) groups is 3. The standard InChI is InChI=1S/C28H39FN6O3S/c1-18-26(19(2)36)39-28(31-18)33-27(38)32-24-10-12-35(17-25(37)30-3)16-22(24)15-34-11-4-5-21(14-34)13-20-6-8-23(29)9-7-20/h6-9,21-22,24H,4-5,10-17H2,1-3H3,(H,30,37)(H2,31,32,33,38)/t21?,22-,24-/m1/s1. The molecule has 0 saturated carbocycles. The second-order valence-corrected chi connectivity index (χ2v) is 11.7. The van der Waals surface area contributed by atoms with Gasteiger partial charge >= 0.3 is 6.03 Å². The quantitative estimate of drug-likeness (QED) is 0.408. The summed E-state index contributed by atoms with van der Waals surface area (Å²) in [7, 11) is 1.64. The second-order valence-electron chi connectivity index (χ2n) is 10.8. The maximum Gasteiger partial charge on any atom is 0.321 e. The number of piperidine rings is 2.